The first kappa shape index (κ1) is 31.9. The van der Waals surface area contributed by atoms with Gasteiger partial charge < -0.3 is 42.1 Å². The van der Waals surface area contributed by atoms with Crippen molar-refractivity contribution in [2.24, 2.45) is 5.73 Å². The van der Waals surface area contributed by atoms with Crippen molar-refractivity contribution in [2.75, 3.05) is 20.1 Å². The maximum absolute atomic E-state index is 13.6. The summed E-state index contributed by atoms with van der Waals surface area (Å²) in [5.41, 5.74) is 7.69. The standard InChI is InChI=1S/C29H38N6O7/c1-35(13-11-25(37)38)28(41)24(14-18-6-3-2-4-7-18)34-26(39)22(8-5-12-31-29(30)42)33-27(40)23-16-19-9-10-21(36)15-20(19)17-32-23/h2-4,6-7,9-10,15,22-24,32,36H,5,8,11-14,16-17H2,1H3,(H,33,40)(H,34,39)(H,37,38)(H3,30,31,42)/t22-,23+,24+/m1/s1. The first-order valence-electron chi connectivity index (χ1n) is 13.7. The van der Waals surface area contributed by atoms with E-state index in [1.165, 1.54) is 11.9 Å². The molecular weight excluding hydrogens is 544 g/mol. The van der Waals surface area contributed by atoms with Crippen LogP contribution in [0, 0.1) is 0 Å². The summed E-state index contributed by atoms with van der Waals surface area (Å²) in [6.45, 7) is 0.496. The van der Waals surface area contributed by atoms with Crippen LogP contribution in [0.1, 0.15) is 36.0 Å². The van der Waals surface area contributed by atoms with Crippen molar-refractivity contribution in [3.63, 3.8) is 0 Å². The quantitative estimate of drug-likeness (QED) is 0.151. The summed E-state index contributed by atoms with van der Waals surface area (Å²) in [5, 5.41) is 29.9. The van der Waals surface area contributed by atoms with Crippen molar-refractivity contribution < 1.29 is 34.2 Å². The maximum Gasteiger partial charge on any atom is 0.312 e. The van der Waals surface area contributed by atoms with Crippen LogP contribution in [0.5, 0.6) is 5.75 Å². The highest BCUT2D eigenvalue weighted by Gasteiger charge is 2.31. The number of urea groups is 1. The van der Waals surface area contributed by atoms with Gasteiger partial charge in [-0.05, 0) is 48.1 Å². The van der Waals surface area contributed by atoms with Gasteiger partial charge in [-0.3, -0.25) is 19.2 Å². The fraction of sp³-hybridized carbons (Fsp3) is 0.414. The number of benzene rings is 2. The number of hydrogen-bond acceptors (Lipinski definition) is 7. The molecule has 0 spiro atoms. The van der Waals surface area contributed by atoms with Gasteiger partial charge in [-0.15, -0.1) is 0 Å². The van der Waals surface area contributed by atoms with Gasteiger partial charge in [-0.1, -0.05) is 36.4 Å². The Hall–Kier alpha value is -4.65. The molecule has 13 nitrogen and oxygen atoms in total. The number of carboxylic acids is 1. The number of phenolic OH excluding ortho intramolecular Hbond substituents is 1. The van der Waals surface area contributed by atoms with E-state index in [2.05, 4.69) is 21.3 Å². The molecule has 0 fully saturated rings. The first-order valence-corrected chi connectivity index (χ1v) is 13.7. The summed E-state index contributed by atoms with van der Waals surface area (Å²) in [6.07, 6.45) is 0.716. The van der Waals surface area contributed by atoms with E-state index in [0.717, 1.165) is 16.7 Å². The summed E-state index contributed by atoms with van der Waals surface area (Å²) in [6, 6.07) is 10.6. The Bertz CT molecular complexity index is 1270. The molecule has 3 rings (SSSR count). The third-order valence-electron chi connectivity index (χ3n) is 7.01. The smallest absolute Gasteiger partial charge is 0.312 e. The number of nitrogens with two attached hydrogens (primary N) is 1. The molecule has 0 radical (unpaired) electrons. The van der Waals surface area contributed by atoms with Crippen molar-refractivity contribution in [1.82, 2.24) is 26.2 Å². The summed E-state index contributed by atoms with van der Waals surface area (Å²) >= 11 is 0. The van der Waals surface area contributed by atoms with Crippen LogP contribution in [0.2, 0.25) is 0 Å². The fourth-order valence-corrected chi connectivity index (χ4v) is 4.71. The van der Waals surface area contributed by atoms with Crippen LogP contribution in [-0.2, 0) is 38.6 Å². The molecule has 2 aromatic carbocycles. The van der Waals surface area contributed by atoms with Crippen molar-refractivity contribution in [1.29, 1.82) is 0 Å². The van der Waals surface area contributed by atoms with E-state index < -0.39 is 47.8 Å². The van der Waals surface area contributed by atoms with Crippen LogP contribution in [0.25, 0.3) is 0 Å². The predicted molar refractivity (Wildman–Crippen MR) is 153 cm³/mol. The molecule has 2 aromatic rings. The maximum atomic E-state index is 13.6. The lowest BCUT2D eigenvalue weighted by molar-refractivity contribution is -0.139. The van der Waals surface area contributed by atoms with Crippen molar-refractivity contribution in [2.45, 2.75) is 56.8 Å². The number of hydrogen-bond donors (Lipinski definition) is 7. The number of aromatic hydroxyl groups is 1. The molecule has 1 aliphatic rings. The van der Waals surface area contributed by atoms with Crippen LogP contribution in [0.15, 0.2) is 48.5 Å². The lowest BCUT2D eigenvalue weighted by Crippen LogP contribution is -2.57. The second kappa shape index (κ2) is 15.4. The molecule has 1 aliphatic heterocycles. The molecule has 0 bridgehead atoms. The number of likely N-dealkylation sites (N-methyl/N-ethyl adjacent to an activating group) is 1. The Balaban J connectivity index is 1.75. The minimum Gasteiger partial charge on any atom is -0.508 e. The number of rotatable bonds is 14. The Labute approximate surface area is 243 Å². The van der Waals surface area contributed by atoms with Crippen molar-refractivity contribution >= 4 is 29.7 Å². The van der Waals surface area contributed by atoms with E-state index in [1.807, 2.05) is 18.2 Å². The number of carboxylic acid groups (broad SMARTS) is 1. The molecule has 0 unspecified atom stereocenters. The molecule has 0 saturated heterocycles. The molecule has 42 heavy (non-hydrogen) atoms. The zero-order chi connectivity index (χ0) is 30.6. The highest BCUT2D eigenvalue weighted by atomic mass is 16.4. The van der Waals surface area contributed by atoms with Crippen LogP contribution in [0.3, 0.4) is 0 Å². The van der Waals surface area contributed by atoms with Crippen LogP contribution >= 0.6 is 0 Å². The third kappa shape index (κ3) is 9.77. The Morgan fingerprint density at radius 2 is 1.79 bits per heavy atom. The molecule has 3 atom stereocenters. The molecule has 1 heterocycles. The van der Waals surface area contributed by atoms with E-state index >= 15 is 0 Å². The normalized spacial score (nSPS) is 15.4. The van der Waals surface area contributed by atoms with Gasteiger partial charge in [0, 0.05) is 33.1 Å². The summed E-state index contributed by atoms with van der Waals surface area (Å²) < 4.78 is 0. The predicted octanol–water partition coefficient (Wildman–Crippen LogP) is 0.000400. The van der Waals surface area contributed by atoms with Gasteiger partial charge in [0.2, 0.25) is 17.7 Å². The zero-order valence-electron chi connectivity index (χ0n) is 23.5. The van der Waals surface area contributed by atoms with Gasteiger partial charge in [0.05, 0.1) is 12.5 Å². The number of carbonyl (C=O) groups excluding carboxylic acids is 4. The van der Waals surface area contributed by atoms with Gasteiger partial charge >= 0.3 is 12.0 Å². The highest BCUT2D eigenvalue weighted by Crippen LogP contribution is 2.21. The number of nitrogens with zero attached hydrogens (tertiary/aromatic N) is 1. The number of carbonyl (C=O) groups is 5. The number of amides is 5. The molecule has 226 valence electrons. The minimum atomic E-state index is -1.05. The third-order valence-corrected chi connectivity index (χ3v) is 7.01. The lowest BCUT2D eigenvalue weighted by Gasteiger charge is -2.29. The highest BCUT2D eigenvalue weighted by molar-refractivity contribution is 5.93. The molecular formula is C29H38N6O7. The van der Waals surface area contributed by atoms with Crippen LogP contribution in [0.4, 0.5) is 4.79 Å². The minimum absolute atomic E-state index is 0.0408. The Morgan fingerprint density at radius 1 is 1.05 bits per heavy atom. The molecule has 5 amide bonds. The van der Waals surface area contributed by atoms with Crippen LogP contribution < -0.4 is 27.0 Å². The van der Waals surface area contributed by atoms with E-state index in [9.17, 15) is 29.1 Å². The number of nitrogens with one attached hydrogen (secondary N) is 4. The van der Waals surface area contributed by atoms with Gasteiger partial charge in [-0.25, -0.2) is 4.79 Å². The van der Waals surface area contributed by atoms with Gasteiger partial charge in [0.15, 0.2) is 0 Å². The van der Waals surface area contributed by atoms with Crippen LogP contribution in [-0.4, -0.2) is 83.1 Å². The van der Waals surface area contributed by atoms with E-state index in [1.54, 1.807) is 30.3 Å². The lowest BCUT2D eigenvalue weighted by atomic mass is 9.95. The van der Waals surface area contributed by atoms with E-state index in [4.69, 9.17) is 10.8 Å². The Kier molecular flexibility index (Phi) is 11.7. The largest absolute Gasteiger partial charge is 0.508 e. The molecule has 8 N–H and O–H groups in total. The molecule has 0 aromatic heterocycles. The van der Waals surface area contributed by atoms with E-state index in [0.29, 0.717) is 19.4 Å². The number of aliphatic carboxylic acids is 1. The van der Waals surface area contributed by atoms with Crippen molar-refractivity contribution in [3.8, 4) is 5.75 Å². The number of fused-ring (bicyclic) bond motifs is 1. The summed E-state index contributed by atoms with van der Waals surface area (Å²) in [5.74, 6) is -2.40. The van der Waals surface area contributed by atoms with Crippen molar-refractivity contribution in [3.05, 3.63) is 65.2 Å². The van der Waals surface area contributed by atoms with Gasteiger partial charge in [-0.2, -0.15) is 0 Å². The molecule has 0 aliphatic carbocycles. The topological polar surface area (TPSA) is 203 Å². The second-order valence-electron chi connectivity index (χ2n) is 10.2. The summed E-state index contributed by atoms with van der Waals surface area (Å²) in [4.78, 5) is 63.5. The zero-order valence-corrected chi connectivity index (χ0v) is 23.5. The number of primary amides is 1. The average Bonchev–Trinajstić information content (AvgIpc) is 2.96. The first-order chi connectivity index (χ1) is 20.0. The fourth-order valence-electron chi connectivity index (χ4n) is 4.71. The molecule has 0 saturated carbocycles. The average molecular weight is 583 g/mol. The van der Waals surface area contributed by atoms with Gasteiger partial charge in [0.1, 0.15) is 17.8 Å². The van der Waals surface area contributed by atoms with E-state index in [-0.39, 0.29) is 38.1 Å². The monoisotopic (exact) mass is 582 g/mol. The molecule has 13 heteroatoms. The second-order valence-corrected chi connectivity index (χ2v) is 10.2. The van der Waals surface area contributed by atoms with Gasteiger partial charge in [0.25, 0.3) is 0 Å². The Morgan fingerprint density at radius 3 is 2.48 bits per heavy atom. The summed E-state index contributed by atoms with van der Waals surface area (Å²) in [7, 11) is 1.47. The number of phenols is 1. The SMILES string of the molecule is CN(CCC(=O)O)C(=O)[C@H](Cc1ccccc1)NC(=O)[C@@H](CCCNC(N)=O)NC(=O)[C@@H]1Cc2ccc(O)cc2CN1.